The molecule has 1 aliphatic rings. The molecule has 2 atom stereocenters. The number of fused-ring (bicyclic) bond motifs is 1. The lowest BCUT2D eigenvalue weighted by molar-refractivity contribution is 0.227. The standard InChI is InChI=1S/C15H22ClNO/c1-11(10-18)3-2-6-17-15-8-12-4-5-14(16)7-13(12)9-15/h4-5,7,11,15,17-18H,2-3,6,8-10H2,1H3. The second-order valence-corrected chi connectivity index (χ2v) is 5.84. The first kappa shape index (κ1) is 13.9. The van der Waals surface area contributed by atoms with E-state index in [1.807, 2.05) is 6.07 Å². The molecule has 0 fully saturated rings. The zero-order valence-electron chi connectivity index (χ0n) is 11.0. The average Bonchev–Trinajstić information content (AvgIpc) is 2.76. The van der Waals surface area contributed by atoms with E-state index in [0.29, 0.717) is 18.6 Å². The van der Waals surface area contributed by atoms with Crippen molar-refractivity contribution in [3.05, 3.63) is 34.3 Å². The average molecular weight is 268 g/mol. The number of rotatable bonds is 6. The Hall–Kier alpha value is -0.570. The lowest BCUT2D eigenvalue weighted by Gasteiger charge is -2.13. The van der Waals surface area contributed by atoms with E-state index in [2.05, 4.69) is 24.4 Å². The molecule has 1 aromatic carbocycles. The summed E-state index contributed by atoms with van der Waals surface area (Å²) in [5.41, 5.74) is 2.82. The van der Waals surface area contributed by atoms with Crippen molar-refractivity contribution in [3.63, 3.8) is 0 Å². The summed E-state index contributed by atoms with van der Waals surface area (Å²) in [4.78, 5) is 0. The Balaban J connectivity index is 1.71. The molecule has 0 saturated carbocycles. The van der Waals surface area contributed by atoms with Gasteiger partial charge in [-0.15, -0.1) is 0 Å². The number of aliphatic hydroxyl groups is 1. The molecule has 0 saturated heterocycles. The topological polar surface area (TPSA) is 32.3 Å². The third-order valence-electron chi connectivity index (χ3n) is 3.72. The summed E-state index contributed by atoms with van der Waals surface area (Å²) in [5, 5.41) is 13.4. The van der Waals surface area contributed by atoms with Crippen molar-refractivity contribution in [3.8, 4) is 0 Å². The molecule has 0 amide bonds. The lowest BCUT2D eigenvalue weighted by Crippen LogP contribution is -2.30. The summed E-state index contributed by atoms with van der Waals surface area (Å²) >= 11 is 6.00. The predicted molar refractivity (Wildman–Crippen MR) is 76.1 cm³/mol. The van der Waals surface area contributed by atoms with Gasteiger partial charge in [-0.05, 0) is 61.4 Å². The van der Waals surface area contributed by atoms with E-state index in [4.69, 9.17) is 16.7 Å². The number of nitrogens with one attached hydrogen (secondary N) is 1. The summed E-state index contributed by atoms with van der Waals surface area (Å²) in [6, 6.07) is 6.77. The molecule has 2 rings (SSSR count). The molecule has 2 nitrogen and oxygen atoms in total. The first-order chi connectivity index (χ1) is 8.69. The van der Waals surface area contributed by atoms with Gasteiger partial charge in [-0.1, -0.05) is 24.6 Å². The highest BCUT2D eigenvalue weighted by Gasteiger charge is 2.20. The second-order valence-electron chi connectivity index (χ2n) is 5.40. The molecule has 0 heterocycles. The Morgan fingerprint density at radius 1 is 1.39 bits per heavy atom. The molecule has 100 valence electrons. The van der Waals surface area contributed by atoms with Crippen LogP contribution in [0.25, 0.3) is 0 Å². The Bertz CT molecular complexity index is 394. The number of hydrogen-bond donors (Lipinski definition) is 2. The Morgan fingerprint density at radius 3 is 2.94 bits per heavy atom. The van der Waals surface area contributed by atoms with Crippen LogP contribution in [0.5, 0.6) is 0 Å². The van der Waals surface area contributed by atoms with Gasteiger partial charge in [0.25, 0.3) is 0 Å². The maximum atomic E-state index is 8.96. The second kappa shape index (κ2) is 6.55. The number of halogens is 1. The SMILES string of the molecule is CC(CO)CCCNC1Cc2ccc(Cl)cc2C1. The molecule has 0 spiro atoms. The van der Waals surface area contributed by atoms with Crippen molar-refractivity contribution < 1.29 is 5.11 Å². The van der Waals surface area contributed by atoms with Gasteiger partial charge >= 0.3 is 0 Å². The van der Waals surface area contributed by atoms with Gasteiger partial charge in [0.15, 0.2) is 0 Å². The maximum absolute atomic E-state index is 8.96. The van der Waals surface area contributed by atoms with Crippen LogP contribution in [-0.2, 0) is 12.8 Å². The van der Waals surface area contributed by atoms with E-state index in [1.165, 1.54) is 11.1 Å². The minimum atomic E-state index is 0.299. The minimum Gasteiger partial charge on any atom is -0.396 e. The highest BCUT2D eigenvalue weighted by Crippen LogP contribution is 2.25. The quantitative estimate of drug-likeness (QED) is 0.777. The van der Waals surface area contributed by atoms with E-state index in [9.17, 15) is 0 Å². The molecular formula is C15H22ClNO. The van der Waals surface area contributed by atoms with Crippen molar-refractivity contribution >= 4 is 11.6 Å². The maximum Gasteiger partial charge on any atom is 0.0456 e. The summed E-state index contributed by atoms with van der Waals surface area (Å²) < 4.78 is 0. The van der Waals surface area contributed by atoms with Crippen LogP contribution in [0.3, 0.4) is 0 Å². The molecule has 0 radical (unpaired) electrons. The van der Waals surface area contributed by atoms with E-state index in [0.717, 1.165) is 37.3 Å². The highest BCUT2D eigenvalue weighted by molar-refractivity contribution is 6.30. The van der Waals surface area contributed by atoms with Crippen molar-refractivity contribution in [1.29, 1.82) is 0 Å². The van der Waals surface area contributed by atoms with Crippen molar-refractivity contribution in [2.45, 2.75) is 38.6 Å². The predicted octanol–water partition coefficient (Wildman–Crippen LogP) is 2.81. The summed E-state index contributed by atoms with van der Waals surface area (Å²) in [5.74, 6) is 0.423. The van der Waals surface area contributed by atoms with Crippen LogP contribution in [0.15, 0.2) is 18.2 Å². The lowest BCUT2D eigenvalue weighted by atomic mass is 10.1. The first-order valence-electron chi connectivity index (χ1n) is 6.80. The molecule has 2 unspecified atom stereocenters. The largest absolute Gasteiger partial charge is 0.396 e. The fourth-order valence-corrected chi connectivity index (χ4v) is 2.77. The molecule has 2 N–H and O–H groups in total. The van der Waals surface area contributed by atoms with Crippen LogP contribution in [0.4, 0.5) is 0 Å². The molecule has 1 aliphatic carbocycles. The van der Waals surface area contributed by atoms with Gasteiger partial charge in [-0.2, -0.15) is 0 Å². The van der Waals surface area contributed by atoms with Gasteiger partial charge in [0, 0.05) is 17.7 Å². The first-order valence-corrected chi connectivity index (χ1v) is 7.18. The molecule has 0 aromatic heterocycles. The molecule has 18 heavy (non-hydrogen) atoms. The van der Waals surface area contributed by atoms with Gasteiger partial charge in [-0.25, -0.2) is 0 Å². The fourth-order valence-electron chi connectivity index (χ4n) is 2.58. The van der Waals surface area contributed by atoms with Crippen molar-refractivity contribution in [2.75, 3.05) is 13.2 Å². The minimum absolute atomic E-state index is 0.299. The van der Waals surface area contributed by atoms with Gasteiger partial charge in [0.1, 0.15) is 0 Å². The van der Waals surface area contributed by atoms with E-state index < -0.39 is 0 Å². The Morgan fingerprint density at radius 2 is 2.17 bits per heavy atom. The van der Waals surface area contributed by atoms with Crippen LogP contribution in [0.1, 0.15) is 30.9 Å². The van der Waals surface area contributed by atoms with E-state index in [1.54, 1.807) is 0 Å². The zero-order valence-corrected chi connectivity index (χ0v) is 11.7. The highest BCUT2D eigenvalue weighted by atomic mass is 35.5. The normalized spacial score (nSPS) is 19.8. The fraction of sp³-hybridized carbons (Fsp3) is 0.600. The molecule has 0 aliphatic heterocycles. The monoisotopic (exact) mass is 267 g/mol. The zero-order chi connectivity index (χ0) is 13.0. The Kier molecular flexibility index (Phi) is 5.04. The third kappa shape index (κ3) is 3.71. The number of benzene rings is 1. The van der Waals surface area contributed by atoms with Crippen LogP contribution in [0, 0.1) is 5.92 Å². The number of hydrogen-bond acceptors (Lipinski definition) is 2. The van der Waals surface area contributed by atoms with E-state index in [-0.39, 0.29) is 0 Å². The summed E-state index contributed by atoms with van der Waals surface area (Å²) in [6.07, 6.45) is 4.43. The number of aliphatic hydroxyl groups excluding tert-OH is 1. The van der Waals surface area contributed by atoms with Gasteiger partial charge in [0.05, 0.1) is 0 Å². The van der Waals surface area contributed by atoms with Crippen LogP contribution in [-0.4, -0.2) is 24.3 Å². The molecule has 0 bridgehead atoms. The van der Waals surface area contributed by atoms with Crippen LogP contribution >= 0.6 is 11.6 Å². The molecule has 1 aromatic rings. The van der Waals surface area contributed by atoms with Gasteiger partial charge in [0.2, 0.25) is 0 Å². The van der Waals surface area contributed by atoms with Gasteiger partial charge < -0.3 is 10.4 Å². The molecular weight excluding hydrogens is 246 g/mol. The summed E-state index contributed by atoms with van der Waals surface area (Å²) in [6.45, 7) is 3.43. The van der Waals surface area contributed by atoms with Crippen molar-refractivity contribution in [2.24, 2.45) is 5.92 Å². The third-order valence-corrected chi connectivity index (χ3v) is 3.95. The van der Waals surface area contributed by atoms with Crippen molar-refractivity contribution in [1.82, 2.24) is 5.32 Å². The molecule has 3 heteroatoms. The summed E-state index contributed by atoms with van der Waals surface area (Å²) in [7, 11) is 0. The van der Waals surface area contributed by atoms with Crippen LogP contribution < -0.4 is 5.32 Å². The van der Waals surface area contributed by atoms with Crippen LogP contribution in [0.2, 0.25) is 5.02 Å². The Labute approximate surface area is 114 Å². The van der Waals surface area contributed by atoms with Gasteiger partial charge in [-0.3, -0.25) is 0 Å². The van der Waals surface area contributed by atoms with E-state index >= 15 is 0 Å². The smallest absolute Gasteiger partial charge is 0.0456 e.